The van der Waals surface area contributed by atoms with Crippen LogP contribution in [0.15, 0.2) is 0 Å². The fourth-order valence-electron chi connectivity index (χ4n) is 2.76. The van der Waals surface area contributed by atoms with Crippen LogP contribution in [0.4, 0.5) is 8.78 Å². The minimum Gasteiger partial charge on any atom is -0.257 e. The van der Waals surface area contributed by atoms with E-state index in [1.165, 1.54) is 4.68 Å². The number of aromatic nitrogens is 2. The largest absolute Gasteiger partial charge is 0.293 e. The fourth-order valence-corrected chi connectivity index (χ4v) is 2.76. The molecule has 1 heterocycles. The first-order chi connectivity index (χ1) is 7.78. The topological polar surface area (TPSA) is 41.6 Å². The van der Waals surface area contributed by atoms with Crippen molar-refractivity contribution >= 4 is 0 Å². The second-order valence-corrected chi connectivity index (χ2v) is 5.88. The summed E-state index contributed by atoms with van der Waals surface area (Å²) < 4.78 is 29.6. The molecule has 0 radical (unpaired) electrons. The summed E-state index contributed by atoms with van der Waals surface area (Å²) in [5, 5.41) is 13.1. The molecule has 0 spiro atoms. The van der Waals surface area contributed by atoms with Gasteiger partial charge in [-0.25, -0.2) is 0 Å². The maximum atomic E-state index is 14.1. The smallest absolute Gasteiger partial charge is 0.257 e. The van der Waals surface area contributed by atoms with Gasteiger partial charge in [-0.15, -0.1) is 0 Å². The zero-order chi connectivity index (χ0) is 12.6. The van der Waals surface area contributed by atoms with Crippen molar-refractivity contribution in [2.75, 3.05) is 0 Å². The van der Waals surface area contributed by atoms with E-state index in [0.29, 0.717) is 12.0 Å². The Bertz CT molecular complexity index is 545. The minimum absolute atomic E-state index is 0.0252. The number of hydrogen-bond acceptors (Lipinski definition) is 2. The van der Waals surface area contributed by atoms with Crippen LogP contribution in [0.3, 0.4) is 0 Å². The first kappa shape index (κ1) is 10.7. The zero-order valence-electron chi connectivity index (χ0n) is 9.96. The van der Waals surface area contributed by atoms with Crippen LogP contribution in [-0.2, 0) is 11.5 Å². The Morgan fingerprint density at radius 3 is 2.65 bits per heavy atom. The third kappa shape index (κ3) is 1.16. The van der Waals surface area contributed by atoms with Crippen molar-refractivity contribution in [3.05, 3.63) is 17.0 Å². The SMILES string of the molecule is CC(C)(C)n1nc(C#N)c2c1C(F)(F)[C@@H]1CC21. The van der Waals surface area contributed by atoms with E-state index >= 15 is 0 Å². The lowest BCUT2D eigenvalue weighted by Crippen LogP contribution is -2.30. The normalized spacial score (nSPS) is 28.5. The molecule has 0 amide bonds. The van der Waals surface area contributed by atoms with Crippen LogP contribution in [0.2, 0.25) is 0 Å². The molecule has 2 atom stereocenters. The van der Waals surface area contributed by atoms with E-state index < -0.39 is 17.4 Å². The van der Waals surface area contributed by atoms with Crippen molar-refractivity contribution in [3.63, 3.8) is 0 Å². The second kappa shape index (κ2) is 2.69. The van der Waals surface area contributed by atoms with Crippen LogP contribution in [-0.4, -0.2) is 9.78 Å². The predicted molar refractivity (Wildman–Crippen MR) is 56.7 cm³/mol. The molecule has 1 fully saturated rings. The highest BCUT2D eigenvalue weighted by Gasteiger charge is 2.67. The van der Waals surface area contributed by atoms with Crippen molar-refractivity contribution in [3.8, 4) is 6.07 Å². The molecule has 0 aromatic carbocycles. The lowest BCUT2D eigenvalue weighted by molar-refractivity contribution is -0.0342. The van der Waals surface area contributed by atoms with Gasteiger partial charge in [0.05, 0.1) is 5.54 Å². The van der Waals surface area contributed by atoms with Crippen molar-refractivity contribution in [2.45, 2.75) is 44.6 Å². The Balaban J connectivity index is 2.30. The van der Waals surface area contributed by atoms with Crippen LogP contribution in [0.5, 0.6) is 0 Å². The van der Waals surface area contributed by atoms with E-state index in [2.05, 4.69) is 5.10 Å². The van der Waals surface area contributed by atoms with E-state index in [4.69, 9.17) is 5.26 Å². The summed E-state index contributed by atoms with van der Waals surface area (Å²) in [4.78, 5) is 0. The van der Waals surface area contributed by atoms with Gasteiger partial charge in [-0.1, -0.05) is 0 Å². The Kier molecular flexibility index (Phi) is 1.69. The summed E-state index contributed by atoms with van der Waals surface area (Å²) >= 11 is 0. The summed E-state index contributed by atoms with van der Waals surface area (Å²) in [6.07, 6.45) is 0.491. The number of halogens is 2. The van der Waals surface area contributed by atoms with Crippen molar-refractivity contribution in [1.29, 1.82) is 5.26 Å². The van der Waals surface area contributed by atoms with E-state index in [-0.39, 0.29) is 17.3 Å². The average molecular weight is 237 g/mol. The standard InChI is InChI=1S/C12H13F2N3/c1-11(2,3)17-10-9(8(5-15)16-17)6-4-7(6)12(10,13)14/h6-7H,4H2,1-3H3/t6?,7-/m1/s1. The van der Waals surface area contributed by atoms with E-state index in [0.717, 1.165) is 0 Å². The molecule has 2 aliphatic rings. The Morgan fingerprint density at radius 1 is 1.47 bits per heavy atom. The lowest BCUT2D eigenvalue weighted by Gasteiger charge is -2.25. The molecule has 5 heteroatoms. The Hall–Kier alpha value is -1.44. The van der Waals surface area contributed by atoms with Gasteiger partial charge in [-0.05, 0) is 33.1 Å². The molecule has 17 heavy (non-hydrogen) atoms. The average Bonchev–Trinajstić information content (AvgIpc) is 2.83. The molecule has 1 aromatic rings. The second-order valence-electron chi connectivity index (χ2n) is 5.88. The van der Waals surface area contributed by atoms with Crippen LogP contribution in [0.25, 0.3) is 0 Å². The molecular formula is C12H13F2N3. The summed E-state index contributed by atoms with van der Waals surface area (Å²) in [6, 6.07) is 1.95. The fraction of sp³-hybridized carbons (Fsp3) is 0.667. The summed E-state index contributed by atoms with van der Waals surface area (Å²) in [5.74, 6) is -3.57. The molecule has 0 N–H and O–H groups in total. The van der Waals surface area contributed by atoms with Crippen LogP contribution in [0.1, 0.15) is 50.1 Å². The third-order valence-electron chi connectivity index (χ3n) is 3.61. The van der Waals surface area contributed by atoms with Crippen molar-refractivity contribution < 1.29 is 8.78 Å². The van der Waals surface area contributed by atoms with Crippen LogP contribution < -0.4 is 0 Å². The van der Waals surface area contributed by atoms with Gasteiger partial charge in [-0.2, -0.15) is 19.1 Å². The van der Waals surface area contributed by atoms with Gasteiger partial charge in [0.25, 0.3) is 5.92 Å². The van der Waals surface area contributed by atoms with Crippen molar-refractivity contribution in [1.82, 2.24) is 9.78 Å². The number of nitrogens with zero attached hydrogens (tertiary/aromatic N) is 3. The van der Waals surface area contributed by atoms with E-state index in [1.54, 1.807) is 0 Å². The molecule has 1 saturated carbocycles. The molecule has 0 bridgehead atoms. The number of alkyl halides is 2. The van der Waals surface area contributed by atoms with E-state index in [1.807, 2.05) is 26.8 Å². The van der Waals surface area contributed by atoms with Crippen LogP contribution in [0, 0.1) is 17.2 Å². The number of fused-ring (bicyclic) bond motifs is 3. The number of nitriles is 1. The molecular weight excluding hydrogens is 224 g/mol. The first-order valence-electron chi connectivity index (χ1n) is 5.70. The molecule has 3 nitrogen and oxygen atoms in total. The third-order valence-corrected chi connectivity index (χ3v) is 3.61. The molecule has 1 unspecified atom stereocenters. The monoisotopic (exact) mass is 237 g/mol. The molecule has 0 saturated heterocycles. The molecule has 0 aliphatic heterocycles. The van der Waals surface area contributed by atoms with E-state index in [9.17, 15) is 8.78 Å². The Labute approximate surface area is 98.0 Å². The lowest BCUT2D eigenvalue weighted by atomic mass is 10.1. The minimum atomic E-state index is -2.82. The quantitative estimate of drug-likeness (QED) is 0.696. The summed E-state index contributed by atoms with van der Waals surface area (Å²) in [7, 11) is 0. The molecule has 3 rings (SSSR count). The van der Waals surface area contributed by atoms with Gasteiger partial charge in [0, 0.05) is 11.5 Å². The Morgan fingerprint density at radius 2 is 2.12 bits per heavy atom. The predicted octanol–water partition coefficient (Wildman–Crippen LogP) is 2.72. The zero-order valence-corrected chi connectivity index (χ0v) is 9.96. The maximum Gasteiger partial charge on any atom is 0.293 e. The highest BCUT2D eigenvalue weighted by atomic mass is 19.3. The molecule has 1 aromatic heterocycles. The molecule has 2 aliphatic carbocycles. The number of hydrogen-bond donors (Lipinski definition) is 0. The first-order valence-corrected chi connectivity index (χ1v) is 5.70. The van der Waals surface area contributed by atoms with Gasteiger partial charge in [-0.3, -0.25) is 4.68 Å². The van der Waals surface area contributed by atoms with Gasteiger partial charge >= 0.3 is 0 Å². The number of rotatable bonds is 0. The van der Waals surface area contributed by atoms with Gasteiger partial charge in [0.1, 0.15) is 11.8 Å². The maximum absolute atomic E-state index is 14.1. The summed E-state index contributed by atoms with van der Waals surface area (Å²) in [5.41, 5.74) is 0.124. The summed E-state index contributed by atoms with van der Waals surface area (Å²) in [6.45, 7) is 5.46. The molecule has 90 valence electrons. The van der Waals surface area contributed by atoms with Gasteiger partial charge in [0.15, 0.2) is 5.69 Å². The van der Waals surface area contributed by atoms with Crippen LogP contribution >= 0.6 is 0 Å². The highest BCUT2D eigenvalue weighted by Crippen LogP contribution is 2.67. The van der Waals surface area contributed by atoms with Gasteiger partial charge in [0.2, 0.25) is 0 Å². The highest BCUT2D eigenvalue weighted by molar-refractivity contribution is 5.50. The van der Waals surface area contributed by atoms with Crippen molar-refractivity contribution in [2.24, 2.45) is 5.92 Å². The van der Waals surface area contributed by atoms with Gasteiger partial charge < -0.3 is 0 Å².